The smallest absolute Gasteiger partial charge is 0.329 e. The molecule has 1 aliphatic heterocycles. The predicted octanol–water partition coefficient (Wildman–Crippen LogP) is 2.68. The number of nitrogens with one attached hydrogen (secondary N) is 1. The Morgan fingerprint density at radius 1 is 1.32 bits per heavy atom. The summed E-state index contributed by atoms with van der Waals surface area (Å²) in [5.41, 5.74) is 7.15. The molecule has 0 bridgehead atoms. The van der Waals surface area contributed by atoms with Gasteiger partial charge in [0.2, 0.25) is 11.9 Å². The van der Waals surface area contributed by atoms with E-state index in [4.69, 9.17) is 10.5 Å². The SMILES string of the molecule is COc1cc(F)cc(C(CO)[C@@](C)(C(N)=O)N2Cc3cc(-c4nc(Nc5ccnn5C)ncc4C)cn3C2=O)c1. The quantitative estimate of drug-likeness (QED) is 0.289. The number of hydrogen-bond acceptors (Lipinski definition) is 8. The number of aliphatic hydroxyl groups excluding tert-OH is 1. The van der Waals surface area contributed by atoms with E-state index >= 15 is 0 Å². The first-order valence-electron chi connectivity index (χ1n) is 12.4. The Balaban J connectivity index is 1.47. The van der Waals surface area contributed by atoms with Crippen LogP contribution in [0, 0.1) is 12.7 Å². The highest BCUT2D eigenvalue weighted by atomic mass is 19.1. The Kier molecular flexibility index (Phi) is 6.75. The lowest BCUT2D eigenvalue weighted by atomic mass is 9.78. The third-order valence-corrected chi connectivity index (χ3v) is 7.42. The fourth-order valence-corrected chi connectivity index (χ4v) is 5.07. The number of amides is 2. The van der Waals surface area contributed by atoms with E-state index in [2.05, 4.69) is 20.4 Å². The number of benzene rings is 1. The van der Waals surface area contributed by atoms with Crippen molar-refractivity contribution in [2.75, 3.05) is 19.0 Å². The standard InChI is InChI=1S/C27H29FN8O4/c1-15-11-30-25(32-22-5-6-31-34(22)3)33-23(15)17-8-19-13-36(26(39)35(19)12-17)27(2,24(29)38)21(14-37)16-7-18(28)10-20(9-16)40-4/h5-12,21,37H,13-14H2,1-4H3,(H2,29,38)(H,30,32,33)/t21?,27-/m0/s1. The first kappa shape index (κ1) is 26.8. The van der Waals surface area contributed by atoms with Gasteiger partial charge in [-0.2, -0.15) is 5.10 Å². The highest BCUT2D eigenvalue weighted by Gasteiger charge is 2.51. The molecule has 4 N–H and O–H groups in total. The molecule has 0 saturated heterocycles. The van der Waals surface area contributed by atoms with Crippen LogP contribution in [0.5, 0.6) is 5.75 Å². The highest BCUT2D eigenvalue weighted by Crippen LogP contribution is 2.40. The van der Waals surface area contributed by atoms with Crippen LogP contribution in [-0.4, -0.2) is 65.5 Å². The second-order valence-corrected chi connectivity index (χ2v) is 9.82. The average Bonchev–Trinajstić information content (AvgIpc) is 3.61. The Labute approximate surface area is 229 Å². The van der Waals surface area contributed by atoms with Crippen molar-refractivity contribution in [1.29, 1.82) is 0 Å². The summed E-state index contributed by atoms with van der Waals surface area (Å²) in [6.07, 6.45) is 4.97. The van der Waals surface area contributed by atoms with E-state index in [9.17, 15) is 19.1 Å². The lowest BCUT2D eigenvalue weighted by Crippen LogP contribution is -2.60. The second-order valence-electron chi connectivity index (χ2n) is 9.82. The molecular weight excluding hydrogens is 519 g/mol. The van der Waals surface area contributed by atoms with Crippen molar-refractivity contribution in [3.05, 3.63) is 71.6 Å². The summed E-state index contributed by atoms with van der Waals surface area (Å²) >= 11 is 0. The van der Waals surface area contributed by atoms with Crippen LogP contribution in [0.15, 0.2) is 48.9 Å². The van der Waals surface area contributed by atoms with E-state index in [1.807, 2.05) is 13.0 Å². The zero-order valence-corrected chi connectivity index (χ0v) is 22.4. The summed E-state index contributed by atoms with van der Waals surface area (Å²) in [6.45, 7) is 2.81. The fourth-order valence-electron chi connectivity index (χ4n) is 5.07. The Morgan fingerprint density at radius 2 is 2.10 bits per heavy atom. The van der Waals surface area contributed by atoms with Crippen molar-refractivity contribution in [3.63, 3.8) is 0 Å². The van der Waals surface area contributed by atoms with Crippen LogP contribution >= 0.6 is 0 Å². The molecular formula is C27H29FN8O4. The minimum absolute atomic E-state index is 0.0332. The van der Waals surface area contributed by atoms with E-state index in [-0.39, 0.29) is 17.9 Å². The first-order chi connectivity index (χ1) is 19.1. The number of halogens is 1. The van der Waals surface area contributed by atoms with Gasteiger partial charge in [-0.25, -0.2) is 19.2 Å². The van der Waals surface area contributed by atoms with E-state index in [1.165, 1.54) is 41.7 Å². The fraction of sp³-hybridized carbons (Fsp3) is 0.296. The van der Waals surface area contributed by atoms with Gasteiger partial charge in [0.1, 0.15) is 22.9 Å². The molecule has 5 rings (SSSR count). The summed E-state index contributed by atoms with van der Waals surface area (Å²) in [5, 5.41) is 17.6. The maximum Gasteiger partial charge on any atom is 0.329 e. The van der Waals surface area contributed by atoms with Crippen molar-refractivity contribution >= 4 is 23.7 Å². The monoisotopic (exact) mass is 548 g/mol. The van der Waals surface area contributed by atoms with E-state index in [0.29, 0.717) is 28.7 Å². The molecule has 0 fully saturated rings. The number of rotatable bonds is 9. The molecule has 2 atom stereocenters. The zero-order valence-electron chi connectivity index (χ0n) is 22.4. The van der Waals surface area contributed by atoms with Crippen LogP contribution < -0.4 is 15.8 Å². The van der Waals surface area contributed by atoms with Gasteiger partial charge in [0, 0.05) is 48.7 Å². The van der Waals surface area contributed by atoms with Crippen LogP contribution in [0.4, 0.5) is 21.0 Å². The van der Waals surface area contributed by atoms with Gasteiger partial charge < -0.3 is 25.8 Å². The third kappa shape index (κ3) is 4.43. The van der Waals surface area contributed by atoms with Gasteiger partial charge in [0.05, 0.1) is 32.2 Å². The molecule has 12 nitrogen and oxygen atoms in total. The molecule has 1 aliphatic rings. The first-order valence-corrected chi connectivity index (χ1v) is 12.4. The van der Waals surface area contributed by atoms with E-state index in [0.717, 1.165) is 5.56 Å². The number of aliphatic hydroxyl groups is 1. The molecule has 208 valence electrons. The molecule has 1 unspecified atom stereocenters. The molecule has 0 aliphatic carbocycles. The lowest BCUT2D eigenvalue weighted by molar-refractivity contribution is -0.129. The topological polar surface area (TPSA) is 153 Å². The number of anilines is 2. The number of carbonyl (C=O) groups is 2. The summed E-state index contributed by atoms with van der Waals surface area (Å²) in [6, 6.07) is 6.97. The number of nitrogens with zero attached hydrogens (tertiary/aromatic N) is 6. The number of ether oxygens (including phenoxy) is 1. The molecule has 0 radical (unpaired) electrons. The minimum atomic E-state index is -1.69. The number of primary amides is 1. The number of aromatic nitrogens is 5. The van der Waals surface area contributed by atoms with Gasteiger partial charge in [0.15, 0.2) is 0 Å². The van der Waals surface area contributed by atoms with Gasteiger partial charge in [-0.1, -0.05) is 0 Å². The highest BCUT2D eigenvalue weighted by molar-refractivity contribution is 5.93. The molecule has 0 saturated carbocycles. The van der Waals surface area contributed by atoms with Crippen molar-refractivity contribution in [2.24, 2.45) is 12.8 Å². The van der Waals surface area contributed by atoms with Crippen LogP contribution in [0.1, 0.15) is 29.7 Å². The number of hydrogen-bond donors (Lipinski definition) is 3. The molecule has 1 aromatic carbocycles. The molecule has 4 heterocycles. The molecule has 13 heteroatoms. The van der Waals surface area contributed by atoms with Crippen molar-refractivity contribution in [2.45, 2.75) is 31.8 Å². The second kappa shape index (κ2) is 10.1. The van der Waals surface area contributed by atoms with Crippen molar-refractivity contribution < 1.29 is 23.8 Å². The summed E-state index contributed by atoms with van der Waals surface area (Å²) < 4.78 is 22.6. The number of fused-ring (bicyclic) bond motifs is 1. The molecule has 40 heavy (non-hydrogen) atoms. The van der Waals surface area contributed by atoms with Crippen LogP contribution in [0.25, 0.3) is 11.3 Å². The molecule has 3 aromatic heterocycles. The summed E-state index contributed by atoms with van der Waals surface area (Å²) in [5.74, 6) is -1.19. The maximum atomic E-state index is 14.3. The number of nitrogens with two attached hydrogens (primary N) is 1. The summed E-state index contributed by atoms with van der Waals surface area (Å²) in [4.78, 5) is 36.9. The van der Waals surface area contributed by atoms with Gasteiger partial charge in [-0.05, 0) is 43.2 Å². The zero-order chi connectivity index (χ0) is 28.8. The van der Waals surface area contributed by atoms with E-state index < -0.39 is 35.8 Å². The van der Waals surface area contributed by atoms with Gasteiger partial charge >= 0.3 is 6.03 Å². The number of methoxy groups -OCH3 is 1. The predicted molar refractivity (Wildman–Crippen MR) is 143 cm³/mol. The minimum Gasteiger partial charge on any atom is -0.497 e. The summed E-state index contributed by atoms with van der Waals surface area (Å²) in [7, 11) is 3.17. The van der Waals surface area contributed by atoms with E-state index in [1.54, 1.807) is 36.4 Å². The Morgan fingerprint density at radius 3 is 2.73 bits per heavy atom. The average molecular weight is 549 g/mol. The molecule has 2 amide bonds. The number of aryl methyl sites for hydroxylation is 2. The number of carbonyl (C=O) groups excluding carboxylic acids is 2. The molecule has 0 spiro atoms. The lowest BCUT2D eigenvalue weighted by Gasteiger charge is -2.41. The van der Waals surface area contributed by atoms with Crippen LogP contribution in [0.2, 0.25) is 0 Å². The Hall–Kier alpha value is -4.78. The maximum absolute atomic E-state index is 14.3. The van der Waals surface area contributed by atoms with Crippen LogP contribution in [-0.2, 0) is 18.4 Å². The Bertz CT molecular complexity index is 1620. The largest absolute Gasteiger partial charge is 0.497 e. The van der Waals surface area contributed by atoms with Gasteiger partial charge in [-0.3, -0.25) is 14.0 Å². The van der Waals surface area contributed by atoms with Gasteiger partial charge in [-0.15, -0.1) is 0 Å². The van der Waals surface area contributed by atoms with Crippen molar-refractivity contribution in [1.82, 2.24) is 29.2 Å². The van der Waals surface area contributed by atoms with Crippen LogP contribution in [0.3, 0.4) is 0 Å². The van der Waals surface area contributed by atoms with Gasteiger partial charge in [0.25, 0.3) is 0 Å². The third-order valence-electron chi connectivity index (χ3n) is 7.42. The van der Waals surface area contributed by atoms with Crippen molar-refractivity contribution in [3.8, 4) is 17.0 Å². The normalized spacial score (nSPS) is 15.1. The molecule has 4 aromatic rings.